The molecule has 0 aliphatic carbocycles. The molecular formula is C16H24N6O. The molecule has 23 heavy (non-hydrogen) atoms. The zero-order valence-corrected chi connectivity index (χ0v) is 13.9. The van der Waals surface area contributed by atoms with Crippen LogP contribution in [-0.4, -0.2) is 38.6 Å². The minimum absolute atomic E-state index is 0.0994. The number of hydrogen-bond donors (Lipinski definition) is 2. The second-order valence-corrected chi connectivity index (χ2v) is 6.22. The van der Waals surface area contributed by atoms with Gasteiger partial charge >= 0.3 is 0 Å². The molecule has 7 nitrogen and oxygen atoms in total. The Bertz CT molecular complexity index is 683. The zero-order chi connectivity index (χ0) is 16.4. The van der Waals surface area contributed by atoms with Crippen molar-refractivity contribution in [2.75, 3.05) is 13.1 Å². The highest BCUT2D eigenvalue weighted by Crippen LogP contribution is 2.18. The Morgan fingerprint density at radius 2 is 2.30 bits per heavy atom. The van der Waals surface area contributed by atoms with Crippen LogP contribution in [0.4, 0.5) is 0 Å². The number of aromatic nitrogens is 4. The van der Waals surface area contributed by atoms with Crippen molar-refractivity contribution in [3.63, 3.8) is 0 Å². The molecule has 2 N–H and O–H groups in total. The smallest absolute Gasteiger partial charge is 0.272 e. The van der Waals surface area contributed by atoms with E-state index < -0.39 is 0 Å². The zero-order valence-electron chi connectivity index (χ0n) is 13.9. The summed E-state index contributed by atoms with van der Waals surface area (Å²) in [6.07, 6.45) is 6.07. The van der Waals surface area contributed by atoms with E-state index >= 15 is 0 Å². The fourth-order valence-corrected chi connectivity index (χ4v) is 3.11. The minimum atomic E-state index is -0.150. The molecule has 0 bridgehead atoms. The first-order valence-corrected chi connectivity index (χ1v) is 8.11. The SMILES string of the molecule is Cc1nn(C)cc1C(C)NC(=O)c1ccn(C2CCCNC2)n1. The third kappa shape index (κ3) is 3.44. The van der Waals surface area contributed by atoms with Crippen molar-refractivity contribution in [3.05, 3.63) is 35.4 Å². The van der Waals surface area contributed by atoms with E-state index in [1.165, 1.54) is 0 Å². The Balaban J connectivity index is 1.66. The van der Waals surface area contributed by atoms with Crippen molar-refractivity contribution < 1.29 is 4.79 Å². The minimum Gasteiger partial charge on any atom is -0.344 e. The Morgan fingerprint density at radius 1 is 1.48 bits per heavy atom. The fraction of sp³-hybridized carbons (Fsp3) is 0.562. The highest BCUT2D eigenvalue weighted by Gasteiger charge is 2.20. The summed E-state index contributed by atoms with van der Waals surface area (Å²) in [5.74, 6) is -0.150. The molecule has 2 atom stereocenters. The largest absolute Gasteiger partial charge is 0.344 e. The summed E-state index contributed by atoms with van der Waals surface area (Å²) >= 11 is 0. The van der Waals surface area contributed by atoms with Crippen LogP contribution in [0, 0.1) is 6.92 Å². The number of nitrogens with one attached hydrogen (secondary N) is 2. The first kappa shape index (κ1) is 15.7. The molecule has 2 aromatic heterocycles. The van der Waals surface area contributed by atoms with Crippen LogP contribution in [0.25, 0.3) is 0 Å². The van der Waals surface area contributed by atoms with Crippen LogP contribution in [-0.2, 0) is 7.05 Å². The standard InChI is InChI=1S/C16H24N6O/c1-11(14-10-21(3)19-12(14)2)18-16(23)15-6-8-22(20-15)13-5-4-7-17-9-13/h6,8,10-11,13,17H,4-5,7,9H2,1-3H3,(H,18,23). The number of carbonyl (C=O) groups is 1. The van der Waals surface area contributed by atoms with Gasteiger partial charge < -0.3 is 10.6 Å². The average molecular weight is 316 g/mol. The van der Waals surface area contributed by atoms with Gasteiger partial charge in [-0.1, -0.05) is 0 Å². The van der Waals surface area contributed by atoms with E-state index in [1.54, 1.807) is 10.7 Å². The van der Waals surface area contributed by atoms with Gasteiger partial charge in [-0.05, 0) is 39.3 Å². The lowest BCUT2D eigenvalue weighted by molar-refractivity contribution is 0.0933. The predicted molar refractivity (Wildman–Crippen MR) is 87.2 cm³/mol. The van der Waals surface area contributed by atoms with Crippen LogP contribution >= 0.6 is 0 Å². The molecule has 1 fully saturated rings. The maximum absolute atomic E-state index is 12.4. The first-order chi connectivity index (χ1) is 11.0. The number of nitrogens with zero attached hydrogens (tertiary/aromatic N) is 4. The Kier molecular flexibility index (Phi) is 4.47. The van der Waals surface area contributed by atoms with E-state index in [2.05, 4.69) is 20.8 Å². The number of piperidine rings is 1. The molecule has 0 spiro atoms. The Hall–Kier alpha value is -2.15. The van der Waals surface area contributed by atoms with E-state index in [0.717, 1.165) is 37.2 Å². The molecule has 3 heterocycles. The summed E-state index contributed by atoms with van der Waals surface area (Å²) in [6, 6.07) is 2.02. The van der Waals surface area contributed by atoms with Crippen LogP contribution < -0.4 is 10.6 Å². The Labute approximate surface area is 136 Å². The summed E-state index contributed by atoms with van der Waals surface area (Å²) in [5, 5.41) is 15.1. The van der Waals surface area contributed by atoms with Crippen molar-refractivity contribution in [1.82, 2.24) is 30.2 Å². The van der Waals surface area contributed by atoms with E-state index in [-0.39, 0.29) is 11.9 Å². The topological polar surface area (TPSA) is 76.8 Å². The average Bonchev–Trinajstić information content (AvgIpc) is 3.15. The van der Waals surface area contributed by atoms with Gasteiger partial charge in [0.25, 0.3) is 5.91 Å². The lowest BCUT2D eigenvalue weighted by Crippen LogP contribution is -2.32. The van der Waals surface area contributed by atoms with E-state index in [1.807, 2.05) is 38.0 Å². The lowest BCUT2D eigenvalue weighted by atomic mass is 10.1. The number of rotatable bonds is 4. The van der Waals surface area contributed by atoms with Crippen LogP contribution in [0.5, 0.6) is 0 Å². The van der Waals surface area contributed by atoms with Crippen LogP contribution in [0.15, 0.2) is 18.5 Å². The van der Waals surface area contributed by atoms with E-state index in [0.29, 0.717) is 11.7 Å². The van der Waals surface area contributed by atoms with Crippen molar-refractivity contribution in [2.24, 2.45) is 7.05 Å². The number of hydrogen-bond acceptors (Lipinski definition) is 4. The normalized spacial score (nSPS) is 19.5. The molecule has 1 aliphatic rings. The summed E-state index contributed by atoms with van der Waals surface area (Å²) in [5.41, 5.74) is 2.42. The van der Waals surface area contributed by atoms with Gasteiger partial charge in [-0.3, -0.25) is 14.2 Å². The van der Waals surface area contributed by atoms with Gasteiger partial charge in [0, 0.05) is 31.5 Å². The lowest BCUT2D eigenvalue weighted by Gasteiger charge is -2.22. The van der Waals surface area contributed by atoms with Gasteiger partial charge in [0.05, 0.1) is 17.8 Å². The molecule has 2 unspecified atom stereocenters. The molecule has 0 aromatic carbocycles. The molecule has 2 aromatic rings. The second-order valence-electron chi connectivity index (χ2n) is 6.22. The van der Waals surface area contributed by atoms with Crippen LogP contribution in [0.3, 0.4) is 0 Å². The molecule has 3 rings (SSSR count). The van der Waals surface area contributed by atoms with Gasteiger partial charge in [-0.25, -0.2) is 0 Å². The summed E-state index contributed by atoms with van der Waals surface area (Å²) in [4.78, 5) is 12.4. The molecule has 124 valence electrons. The van der Waals surface area contributed by atoms with Gasteiger partial charge in [0.2, 0.25) is 0 Å². The number of aryl methyl sites for hydroxylation is 2. The van der Waals surface area contributed by atoms with Crippen molar-refractivity contribution in [1.29, 1.82) is 0 Å². The molecule has 1 amide bonds. The maximum atomic E-state index is 12.4. The van der Waals surface area contributed by atoms with Crippen LogP contribution in [0.1, 0.15) is 53.6 Å². The number of carbonyl (C=O) groups excluding carboxylic acids is 1. The molecule has 7 heteroatoms. The van der Waals surface area contributed by atoms with Gasteiger partial charge in [-0.15, -0.1) is 0 Å². The Morgan fingerprint density at radius 3 is 2.96 bits per heavy atom. The quantitative estimate of drug-likeness (QED) is 0.892. The summed E-state index contributed by atoms with van der Waals surface area (Å²) in [6.45, 7) is 5.88. The monoisotopic (exact) mass is 316 g/mol. The van der Waals surface area contributed by atoms with E-state index in [9.17, 15) is 4.79 Å². The van der Waals surface area contributed by atoms with Crippen LogP contribution in [0.2, 0.25) is 0 Å². The van der Waals surface area contributed by atoms with Gasteiger partial charge in [-0.2, -0.15) is 10.2 Å². The molecular weight excluding hydrogens is 292 g/mol. The van der Waals surface area contributed by atoms with Gasteiger partial charge in [0.15, 0.2) is 0 Å². The molecule has 0 saturated carbocycles. The fourth-order valence-electron chi connectivity index (χ4n) is 3.11. The highest BCUT2D eigenvalue weighted by molar-refractivity contribution is 5.92. The summed E-state index contributed by atoms with van der Waals surface area (Å²) < 4.78 is 3.67. The van der Waals surface area contributed by atoms with Gasteiger partial charge in [0.1, 0.15) is 5.69 Å². The molecule has 1 aliphatic heterocycles. The second kappa shape index (κ2) is 6.54. The maximum Gasteiger partial charge on any atom is 0.272 e. The predicted octanol–water partition coefficient (Wildman–Crippen LogP) is 1.34. The first-order valence-electron chi connectivity index (χ1n) is 8.11. The number of amides is 1. The third-order valence-corrected chi connectivity index (χ3v) is 4.35. The highest BCUT2D eigenvalue weighted by atomic mass is 16.2. The molecule has 0 radical (unpaired) electrons. The summed E-state index contributed by atoms with van der Waals surface area (Å²) in [7, 11) is 1.88. The molecule has 1 saturated heterocycles. The van der Waals surface area contributed by atoms with Crippen molar-refractivity contribution in [2.45, 2.75) is 38.8 Å². The van der Waals surface area contributed by atoms with Crippen molar-refractivity contribution in [3.8, 4) is 0 Å². The van der Waals surface area contributed by atoms with Crippen molar-refractivity contribution >= 4 is 5.91 Å². The van der Waals surface area contributed by atoms with E-state index in [4.69, 9.17) is 0 Å². The third-order valence-electron chi connectivity index (χ3n) is 4.35.